The third kappa shape index (κ3) is 2.15. The number of furan rings is 1. The van der Waals surface area contributed by atoms with Gasteiger partial charge in [-0.05, 0) is 43.5 Å². The number of aromatic nitrogens is 1. The molecule has 0 unspecified atom stereocenters. The van der Waals surface area contributed by atoms with Crippen LogP contribution in [0.3, 0.4) is 0 Å². The molecule has 0 aliphatic rings. The molecule has 0 saturated carbocycles. The van der Waals surface area contributed by atoms with Crippen molar-refractivity contribution in [1.82, 2.24) is 0 Å². The van der Waals surface area contributed by atoms with Crippen LogP contribution in [0.1, 0.15) is 16.7 Å². The van der Waals surface area contributed by atoms with E-state index in [1.807, 2.05) is 32.3 Å². The molecular formula is C22H19N2O+. The molecule has 25 heavy (non-hydrogen) atoms. The van der Waals surface area contributed by atoms with E-state index in [9.17, 15) is 0 Å². The lowest BCUT2D eigenvalue weighted by Crippen LogP contribution is -2.30. The van der Waals surface area contributed by atoms with Gasteiger partial charge in [-0.1, -0.05) is 18.2 Å². The molecule has 0 spiro atoms. The van der Waals surface area contributed by atoms with Crippen LogP contribution in [0.15, 0.2) is 47.0 Å². The zero-order chi connectivity index (χ0) is 17.7. The Morgan fingerprint density at radius 1 is 0.960 bits per heavy atom. The Bertz CT molecular complexity index is 1190. The first-order valence-electron chi connectivity index (χ1n) is 8.31. The molecule has 4 aromatic rings. The maximum atomic E-state index is 7.57. The second-order valence-corrected chi connectivity index (χ2v) is 6.61. The lowest BCUT2D eigenvalue weighted by molar-refractivity contribution is -0.660. The van der Waals surface area contributed by atoms with Gasteiger partial charge in [-0.3, -0.25) is 0 Å². The second-order valence-electron chi connectivity index (χ2n) is 6.61. The Morgan fingerprint density at radius 3 is 2.48 bits per heavy atom. The summed E-state index contributed by atoms with van der Waals surface area (Å²) in [6.07, 6.45) is 2.04. The molecule has 3 heteroatoms. The summed E-state index contributed by atoms with van der Waals surface area (Å²) < 4.78 is 8.43. The first-order chi connectivity index (χ1) is 12.0. The van der Waals surface area contributed by atoms with E-state index in [0.717, 1.165) is 44.3 Å². The Hall–Kier alpha value is -3.12. The van der Waals surface area contributed by atoms with Gasteiger partial charge >= 0.3 is 0 Å². The fraction of sp³-hybridized carbons (Fsp3) is 0.182. The zero-order valence-electron chi connectivity index (χ0n) is 14.8. The van der Waals surface area contributed by atoms with Gasteiger partial charge in [0.25, 0.3) is 0 Å². The van der Waals surface area contributed by atoms with E-state index in [0.29, 0.717) is 11.3 Å². The van der Waals surface area contributed by atoms with E-state index in [1.165, 1.54) is 0 Å². The molecule has 0 aliphatic carbocycles. The Morgan fingerprint density at radius 2 is 1.76 bits per heavy atom. The van der Waals surface area contributed by atoms with Gasteiger partial charge in [0.15, 0.2) is 6.20 Å². The molecule has 0 aliphatic heterocycles. The van der Waals surface area contributed by atoms with Crippen LogP contribution in [0.5, 0.6) is 0 Å². The highest BCUT2D eigenvalue weighted by Gasteiger charge is 2.22. The topological polar surface area (TPSA) is 21.4 Å². The van der Waals surface area contributed by atoms with Crippen molar-refractivity contribution in [3.63, 3.8) is 0 Å². The molecule has 0 bridgehead atoms. The summed E-state index contributed by atoms with van der Waals surface area (Å²) in [6.45, 7) is 13.7. The van der Waals surface area contributed by atoms with Crippen molar-refractivity contribution in [2.45, 2.75) is 20.8 Å². The van der Waals surface area contributed by atoms with E-state index in [4.69, 9.17) is 11.0 Å². The lowest BCUT2D eigenvalue weighted by Gasteiger charge is -2.05. The van der Waals surface area contributed by atoms with Crippen LogP contribution in [0.2, 0.25) is 0 Å². The molecular weight excluding hydrogens is 308 g/mol. The molecule has 122 valence electrons. The predicted octanol–water partition coefficient (Wildman–Crippen LogP) is 5.55. The normalized spacial score (nSPS) is 11.2. The third-order valence-electron chi connectivity index (χ3n) is 4.91. The van der Waals surface area contributed by atoms with Gasteiger partial charge in [-0.15, -0.1) is 0 Å². The monoisotopic (exact) mass is 327 g/mol. The molecule has 0 fully saturated rings. The largest absolute Gasteiger partial charge is 0.466 e. The molecule has 0 radical (unpaired) electrons. The maximum Gasteiger partial charge on any atom is 0.232 e. The number of benzene rings is 2. The minimum absolute atomic E-state index is 0.609. The number of rotatable bonds is 1. The van der Waals surface area contributed by atoms with Crippen molar-refractivity contribution in [2.75, 3.05) is 0 Å². The molecule has 0 atom stereocenters. The number of nitrogens with zero attached hydrogens (tertiary/aromatic N) is 2. The van der Waals surface area contributed by atoms with Gasteiger partial charge in [0.2, 0.25) is 11.4 Å². The highest BCUT2D eigenvalue weighted by atomic mass is 16.3. The number of fused-ring (bicyclic) bond motifs is 3. The third-order valence-corrected chi connectivity index (χ3v) is 4.91. The highest BCUT2D eigenvalue weighted by molar-refractivity contribution is 6.14. The molecule has 0 saturated heterocycles. The van der Waals surface area contributed by atoms with Gasteiger partial charge in [-0.25, -0.2) is 9.41 Å². The van der Waals surface area contributed by atoms with Crippen molar-refractivity contribution >= 4 is 27.6 Å². The Kier molecular flexibility index (Phi) is 3.36. The van der Waals surface area contributed by atoms with E-state index in [-0.39, 0.29) is 0 Å². The summed E-state index contributed by atoms with van der Waals surface area (Å²) in [5.41, 5.74) is 7.62. The molecule has 0 amide bonds. The highest BCUT2D eigenvalue weighted by Crippen LogP contribution is 2.42. The van der Waals surface area contributed by atoms with E-state index in [2.05, 4.69) is 47.5 Å². The minimum atomic E-state index is 0.609. The Balaban J connectivity index is 2.24. The van der Waals surface area contributed by atoms with Crippen molar-refractivity contribution in [2.24, 2.45) is 7.05 Å². The molecule has 3 nitrogen and oxygen atoms in total. The Labute approximate surface area is 147 Å². The van der Waals surface area contributed by atoms with E-state index >= 15 is 0 Å². The molecule has 4 rings (SSSR count). The second kappa shape index (κ2) is 5.46. The van der Waals surface area contributed by atoms with Crippen LogP contribution >= 0.6 is 0 Å². The van der Waals surface area contributed by atoms with E-state index in [1.54, 1.807) is 0 Å². The number of pyridine rings is 1. The summed E-state index contributed by atoms with van der Waals surface area (Å²) >= 11 is 0. The molecule has 0 N–H and O–H groups in total. The van der Waals surface area contributed by atoms with Gasteiger partial charge in [0.1, 0.15) is 18.2 Å². The SMILES string of the molecule is [C-]#[N+]c1c(C)cc(C)c2c1oc1c(-c3cccc[n+]3C)c(C)ccc12. The average Bonchev–Trinajstić information content (AvgIpc) is 2.96. The van der Waals surface area contributed by atoms with Crippen molar-refractivity contribution in [3.8, 4) is 11.3 Å². The lowest BCUT2D eigenvalue weighted by atomic mass is 9.98. The summed E-state index contributed by atoms with van der Waals surface area (Å²) in [7, 11) is 2.04. The smallest absolute Gasteiger partial charge is 0.232 e. The first kappa shape index (κ1) is 15.4. The van der Waals surface area contributed by atoms with E-state index < -0.39 is 0 Å². The summed E-state index contributed by atoms with van der Waals surface area (Å²) in [4.78, 5) is 3.73. The maximum absolute atomic E-state index is 7.57. The number of aryl methyl sites for hydroxylation is 4. The average molecular weight is 327 g/mol. The van der Waals surface area contributed by atoms with Gasteiger partial charge in [0.05, 0.1) is 12.1 Å². The van der Waals surface area contributed by atoms with Gasteiger partial charge < -0.3 is 4.42 Å². The van der Waals surface area contributed by atoms with Crippen LogP contribution in [-0.2, 0) is 7.05 Å². The van der Waals surface area contributed by atoms with Crippen LogP contribution in [0.4, 0.5) is 5.69 Å². The number of hydrogen-bond donors (Lipinski definition) is 0. The molecule has 2 heterocycles. The molecule has 2 aromatic heterocycles. The molecule has 2 aromatic carbocycles. The first-order valence-corrected chi connectivity index (χ1v) is 8.31. The predicted molar refractivity (Wildman–Crippen MR) is 101 cm³/mol. The van der Waals surface area contributed by atoms with Gasteiger partial charge in [0, 0.05) is 22.9 Å². The summed E-state index contributed by atoms with van der Waals surface area (Å²) in [5, 5.41) is 2.12. The van der Waals surface area contributed by atoms with Crippen LogP contribution in [0, 0.1) is 27.3 Å². The van der Waals surface area contributed by atoms with Crippen molar-refractivity contribution < 1.29 is 8.98 Å². The van der Waals surface area contributed by atoms with Crippen LogP contribution < -0.4 is 4.57 Å². The quantitative estimate of drug-likeness (QED) is 0.331. The minimum Gasteiger partial charge on any atom is -0.466 e. The fourth-order valence-electron chi connectivity index (χ4n) is 3.70. The van der Waals surface area contributed by atoms with Crippen LogP contribution in [0.25, 0.3) is 38.0 Å². The zero-order valence-corrected chi connectivity index (χ0v) is 14.8. The fourth-order valence-corrected chi connectivity index (χ4v) is 3.70. The summed E-state index contributed by atoms with van der Waals surface area (Å²) in [5.74, 6) is 0. The van der Waals surface area contributed by atoms with Crippen molar-refractivity contribution in [3.05, 3.63) is 70.7 Å². The number of hydrogen-bond acceptors (Lipinski definition) is 1. The van der Waals surface area contributed by atoms with Gasteiger partial charge in [-0.2, -0.15) is 0 Å². The standard InChI is InChI=1S/C22H19N2O/c1-13-9-10-16-18-14(2)12-15(3)20(23-4)22(18)25-21(16)19(13)17-8-6-7-11-24(17)5/h6-12H,1-3,5H3/q+1. The summed E-state index contributed by atoms with van der Waals surface area (Å²) in [6, 6.07) is 12.5. The van der Waals surface area contributed by atoms with Crippen LogP contribution in [-0.4, -0.2) is 0 Å². The van der Waals surface area contributed by atoms with Crippen molar-refractivity contribution in [1.29, 1.82) is 0 Å².